The molecular weight excluding hydrogens is 256 g/mol. The Bertz CT molecular complexity index is 423. The number of likely N-dealkylation sites (N-methyl/N-ethyl adjacent to an activating group) is 1. The van der Waals surface area contributed by atoms with Gasteiger partial charge in [-0.05, 0) is 26.3 Å². The highest BCUT2D eigenvalue weighted by Crippen LogP contribution is 2.25. The third kappa shape index (κ3) is 4.19. The second-order valence-electron chi connectivity index (χ2n) is 4.79. The van der Waals surface area contributed by atoms with E-state index in [9.17, 15) is 0 Å². The van der Waals surface area contributed by atoms with Crippen LogP contribution in [0.3, 0.4) is 0 Å². The minimum Gasteiger partial charge on any atom is -0.467 e. The Labute approximate surface area is 120 Å². The van der Waals surface area contributed by atoms with E-state index in [4.69, 9.17) is 4.74 Å². The molecule has 1 aromatic rings. The maximum absolute atomic E-state index is 5.09. The number of aromatic nitrogens is 3. The zero-order valence-electron chi connectivity index (χ0n) is 12.5. The smallest absolute Gasteiger partial charge is 0.322 e. The summed E-state index contributed by atoms with van der Waals surface area (Å²) in [7, 11) is 1.56. The quantitative estimate of drug-likeness (QED) is 0.704. The van der Waals surface area contributed by atoms with Crippen molar-refractivity contribution in [3.8, 4) is 6.01 Å². The van der Waals surface area contributed by atoms with Gasteiger partial charge in [-0.1, -0.05) is 6.92 Å². The zero-order chi connectivity index (χ0) is 14.4. The molecule has 0 saturated heterocycles. The number of nitrogens with one attached hydrogen (secondary N) is 2. The third-order valence-electron chi connectivity index (χ3n) is 3.28. The summed E-state index contributed by atoms with van der Waals surface area (Å²) < 4.78 is 5.09. The fourth-order valence-corrected chi connectivity index (χ4v) is 2.11. The Morgan fingerprint density at radius 1 is 1.15 bits per heavy atom. The zero-order valence-corrected chi connectivity index (χ0v) is 12.5. The molecule has 1 aliphatic carbocycles. The molecule has 1 aliphatic rings. The monoisotopic (exact) mass is 280 g/mol. The number of rotatable bonds is 9. The summed E-state index contributed by atoms with van der Waals surface area (Å²) in [5, 5.41) is 6.31. The first kappa shape index (κ1) is 14.8. The van der Waals surface area contributed by atoms with Crippen LogP contribution >= 0.6 is 0 Å². The minimum absolute atomic E-state index is 0.327. The number of hydrogen-bond donors (Lipinski definition) is 2. The van der Waals surface area contributed by atoms with E-state index < -0.39 is 0 Å². The van der Waals surface area contributed by atoms with Crippen molar-refractivity contribution in [3.05, 3.63) is 0 Å². The minimum atomic E-state index is 0.327. The van der Waals surface area contributed by atoms with Crippen LogP contribution in [0, 0.1) is 0 Å². The number of methoxy groups -OCH3 is 1. The Hall–Kier alpha value is -1.63. The summed E-state index contributed by atoms with van der Waals surface area (Å²) in [5.41, 5.74) is 0. The molecule has 1 aromatic heterocycles. The Morgan fingerprint density at radius 2 is 1.85 bits per heavy atom. The van der Waals surface area contributed by atoms with Gasteiger partial charge in [0, 0.05) is 25.7 Å². The molecule has 0 aromatic carbocycles. The van der Waals surface area contributed by atoms with Crippen LogP contribution in [-0.4, -0.2) is 59.2 Å². The molecule has 7 nitrogen and oxygen atoms in total. The van der Waals surface area contributed by atoms with E-state index in [1.165, 1.54) is 12.8 Å². The molecule has 0 radical (unpaired) electrons. The first-order valence-electron chi connectivity index (χ1n) is 7.28. The van der Waals surface area contributed by atoms with Gasteiger partial charge in [0.15, 0.2) is 0 Å². The summed E-state index contributed by atoms with van der Waals surface area (Å²) in [4.78, 5) is 15.1. The van der Waals surface area contributed by atoms with Crippen LogP contribution in [0.25, 0.3) is 0 Å². The summed E-state index contributed by atoms with van der Waals surface area (Å²) in [6, 6.07) is 1.11. The van der Waals surface area contributed by atoms with E-state index in [-0.39, 0.29) is 0 Å². The van der Waals surface area contributed by atoms with E-state index in [1.54, 1.807) is 7.11 Å². The van der Waals surface area contributed by atoms with E-state index in [1.807, 2.05) is 6.92 Å². The summed E-state index contributed by atoms with van der Waals surface area (Å²) in [6.07, 6.45) is 2.66. The van der Waals surface area contributed by atoms with E-state index in [0.29, 0.717) is 17.9 Å². The maximum atomic E-state index is 5.09. The lowest BCUT2D eigenvalue weighted by atomic mass is 10.4. The summed E-state index contributed by atoms with van der Waals surface area (Å²) >= 11 is 0. The van der Waals surface area contributed by atoms with Crippen LogP contribution in [0.15, 0.2) is 0 Å². The number of anilines is 2. The molecule has 0 atom stereocenters. The predicted octanol–water partition coefficient (Wildman–Crippen LogP) is 1.21. The summed E-state index contributed by atoms with van der Waals surface area (Å²) in [6.45, 7) is 7.88. The second-order valence-corrected chi connectivity index (χ2v) is 4.79. The number of nitrogens with zero attached hydrogens (tertiary/aromatic N) is 4. The standard InChI is InChI=1S/C13H24N6O/c1-4-14-11-16-12(18-13(17-11)20-3)15-8-9-19(5-2)10-6-7-10/h10H,4-9H2,1-3H3,(H2,14,15,16,17,18). The Balaban J connectivity index is 1.88. The average molecular weight is 280 g/mol. The molecule has 0 bridgehead atoms. The van der Waals surface area contributed by atoms with Gasteiger partial charge < -0.3 is 15.4 Å². The fraction of sp³-hybridized carbons (Fsp3) is 0.769. The number of hydrogen-bond acceptors (Lipinski definition) is 7. The van der Waals surface area contributed by atoms with Crippen molar-refractivity contribution in [2.45, 2.75) is 32.7 Å². The maximum Gasteiger partial charge on any atom is 0.322 e. The van der Waals surface area contributed by atoms with Crippen LogP contribution < -0.4 is 15.4 Å². The molecule has 7 heteroatoms. The van der Waals surface area contributed by atoms with Crippen molar-refractivity contribution in [2.24, 2.45) is 0 Å². The highest BCUT2D eigenvalue weighted by Gasteiger charge is 2.27. The van der Waals surface area contributed by atoms with Crippen molar-refractivity contribution in [1.82, 2.24) is 19.9 Å². The van der Waals surface area contributed by atoms with Gasteiger partial charge >= 0.3 is 6.01 Å². The molecule has 112 valence electrons. The molecule has 1 fully saturated rings. The molecule has 0 aliphatic heterocycles. The SMILES string of the molecule is CCNc1nc(NCCN(CC)C2CC2)nc(OC)n1. The van der Waals surface area contributed by atoms with Crippen LogP contribution in [0.4, 0.5) is 11.9 Å². The van der Waals surface area contributed by atoms with E-state index in [0.717, 1.165) is 32.2 Å². The van der Waals surface area contributed by atoms with Crippen LogP contribution in [-0.2, 0) is 0 Å². The fourth-order valence-electron chi connectivity index (χ4n) is 2.11. The highest BCUT2D eigenvalue weighted by molar-refractivity contribution is 5.35. The van der Waals surface area contributed by atoms with Gasteiger partial charge in [0.25, 0.3) is 0 Å². The molecule has 2 N–H and O–H groups in total. The molecule has 0 amide bonds. The molecule has 20 heavy (non-hydrogen) atoms. The lowest BCUT2D eigenvalue weighted by Crippen LogP contribution is -2.31. The van der Waals surface area contributed by atoms with Crippen molar-refractivity contribution >= 4 is 11.9 Å². The van der Waals surface area contributed by atoms with E-state index >= 15 is 0 Å². The highest BCUT2D eigenvalue weighted by atomic mass is 16.5. The Kier molecular flexibility index (Phi) is 5.34. The normalized spacial score (nSPS) is 14.4. The average Bonchev–Trinajstić information content (AvgIpc) is 3.28. The van der Waals surface area contributed by atoms with E-state index in [2.05, 4.69) is 37.4 Å². The van der Waals surface area contributed by atoms with Crippen molar-refractivity contribution in [1.29, 1.82) is 0 Å². The molecule has 1 heterocycles. The van der Waals surface area contributed by atoms with Gasteiger partial charge in [-0.2, -0.15) is 15.0 Å². The summed E-state index contributed by atoms with van der Waals surface area (Å²) in [5.74, 6) is 1.09. The molecule has 0 unspecified atom stereocenters. The second kappa shape index (κ2) is 7.23. The number of ether oxygens (including phenoxy) is 1. The van der Waals surface area contributed by atoms with Crippen LogP contribution in [0.2, 0.25) is 0 Å². The first-order valence-corrected chi connectivity index (χ1v) is 7.28. The van der Waals surface area contributed by atoms with Gasteiger partial charge in [0.05, 0.1) is 7.11 Å². The van der Waals surface area contributed by atoms with Gasteiger partial charge in [-0.25, -0.2) is 0 Å². The molecule has 0 spiro atoms. The lowest BCUT2D eigenvalue weighted by molar-refractivity contribution is 0.288. The van der Waals surface area contributed by atoms with Gasteiger partial charge in [0.2, 0.25) is 11.9 Å². The first-order chi connectivity index (χ1) is 9.76. The third-order valence-corrected chi connectivity index (χ3v) is 3.28. The largest absolute Gasteiger partial charge is 0.467 e. The van der Waals surface area contributed by atoms with Gasteiger partial charge in [-0.15, -0.1) is 0 Å². The van der Waals surface area contributed by atoms with Gasteiger partial charge in [0.1, 0.15) is 0 Å². The topological polar surface area (TPSA) is 75.2 Å². The van der Waals surface area contributed by atoms with Crippen molar-refractivity contribution in [2.75, 3.05) is 43.9 Å². The molecule has 1 saturated carbocycles. The Morgan fingerprint density at radius 3 is 2.40 bits per heavy atom. The molecular formula is C13H24N6O. The van der Waals surface area contributed by atoms with Crippen molar-refractivity contribution < 1.29 is 4.74 Å². The van der Waals surface area contributed by atoms with Crippen LogP contribution in [0.1, 0.15) is 26.7 Å². The van der Waals surface area contributed by atoms with Crippen LogP contribution in [0.5, 0.6) is 6.01 Å². The lowest BCUT2D eigenvalue weighted by Gasteiger charge is -2.19. The van der Waals surface area contributed by atoms with Crippen molar-refractivity contribution in [3.63, 3.8) is 0 Å². The predicted molar refractivity (Wildman–Crippen MR) is 79.3 cm³/mol. The van der Waals surface area contributed by atoms with Gasteiger partial charge in [-0.3, -0.25) is 4.90 Å². The molecule has 2 rings (SSSR count).